The number of aromatic nitrogens is 5. The molecule has 1 saturated heterocycles. The van der Waals surface area contributed by atoms with Crippen molar-refractivity contribution < 1.29 is 0 Å². The van der Waals surface area contributed by atoms with Crippen LogP contribution in [0.5, 0.6) is 0 Å². The molecule has 24 heavy (non-hydrogen) atoms. The van der Waals surface area contributed by atoms with E-state index in [1.807, 2.05) is 24.3 Å². The van der Waals surface area contributed by atoms with Crippen molar-refractivity contribution in [1.82, 2.24) is 24.9 Å². The maximum atomic E-state index is 4.67. The van der Waals surface area contributed by atoms with Crippen LogP contribution >= 0.6 is 0 Å². The van der Waals surface area contributed by atoms with Gasteiger partial charge < -0.3 is 9.80 Å². The molecule has 1 aliphatic heterocycles. The van der Waals surface area contributed by atoms with Crippen molar-refractivity contribution in [3.63, 3.8) is 0 Å². The molecule has 3 aromatic heterocycles. The Morgan fingerprint density at radius 2 is 1.58 bits per heavy atom. The van der Waals surface area contributed by atoms with E-state index in [0.29, 0.717) is 0 Å². The molecule has 0 N–H and O–H groups in total. The van der Waals surface area contributed by atoms with Crippen LogP contribution in [-0.4, -0.2) is 51.1 Å². The minimum Gasteiger partial charge on any atom is -0.352 e. The molecular weight excluding hydrogens is 302 g/mol. The molecule has 1 aliphatic rings. The second-order valence-corrected chi connectivity index (χ2v) is 5.49. The number of hydrogen-bond donors (Lipinski definition) is 0. The largest absolute Gasteiger partial charge is 0.352 e. The molecule has 0 aromatic carbocycles. The van der Waals surface area contributed by atoms with E-state index in [4.69, 9.17) is 0 Å². The normalized spacial score (nSPS) is 14.7. The van der Waals surface area contributed by atoms with Gasteiger partial charge in [0.2, 0.25) is 5.95 Å². The average molecular weight is 319 g/mol. The van der Waals surface area contributed by atoms with Crippen molar-refractivity contribution in [2.24, 2.45) is 0 Å². The van der Waals surface area contributed by atoms with Crippen LogP contribution in [0.3, 0.4) is 0 Å². The Bertz CT molecular complexity index is 786. The molecule has 0 saturated carbocycles. The molecule has 0 radical (unpaired) electrons. The molecule has 7 nitrogen and oxygen atoms in total. The summed E-state index contributed by atoms with van der Waals surface area (Å²) in [5, 5.41) is 0. The van der Waals surface area contributed by atoms with Gasteiger partial charge in [0.25, 0.3) is 0 Å². The fraction of sp³-hybridized carbons (Fsp3) is 0.235. The molecule has 1 fully saturated rings. The maximum Gasteiger partial charge on any atom is 0.226 e. The first-order valence-corrected chi connectivity index (χ1v) is 7.90. The molecule has 0 unspecified atom stereocenters. The molecule has 0 amide bonds. The highest BCUT2D eigenvalue weighted by Crippen LogP contribution is 2.19. The van der Waals surface area contributed by atoms with Gasteiger partial charge in [-0.1, -0.05) is 6.07 Å². The van der Waals surface area contributed by atoms with Gasteiger partial charge in [-0.2, -0.15) is 0 Å². The fourth-order valence-electron chi connectivity index (χ4n) is 2.75. The Kier molecular flexibility index (Phi) is 3.97. The molecule has 0 bridgehead atoms. The molecule has 3 aromatic rings. The molecule has 7 heteroatoms. The Morgan fingerprint density at radius 1 is 0.708 bits per heavy atom. The van der Waals surface area contributed by atoms with Gasteiger partial charge in [-0.05, 0) is 18.2 Å². The van der Waals surface area contributed by atoms with E-state index in [-0.39, 0.29) is 0 Å². The van der Waals surface area contributed by atoms with Gasteiger partial charge in [0, 0.05) is 51.0 Å². The topological polar surface area (TPSA) is 70.9 Å². The summed E-state index contributed by atoms with van der Waals surface area (Å²) in [5.74, 6) is 1.66. The van der Waals surface area contributed by atoms with Crippen molar-refractivity contribution in [2.75, 3.05) is 36.0 Å². The quantitative estimate of drug-likeness (QED) is 0.727. The first kappa shape index (κ1) is 14.5. The molecule has 4 rings (SSSR count). The van der Waals surface area contributed by atoms with Crippen molar-refractivity contribution in [1.29, 1.82) is 0 Å². The van der Waals surface area contributed by atoms with Gasteiger partial charge in [-0.3, -0.25) is 9.97 Å². The molecule has 0 spiro atoms. The summed E-state index contributed by atoms with van der Waals surface area (Å²) in [6, 6.07) is 7.71. The number of rotatable bonds is 3. The summed E-state index contributed by atoms with van der Waals surface area (Å²) < 4.78 is 0. The van der Waals surface area contributed by atoms with Crippen LogP contribution in [-0.2, 0) is 0 Å². The lowest BCUT2D eigenvalue weighted by molar-refractivity contribution is 0.634. The summed E-state index contributed by atoms with van der Waals surface area (Å²) in [4.78, 5) is 26.4. The van der Waals surface area contributed by atoms with Crippen LogP contribution in [0.2, 0.25) is 0 Å². The van der Waals surface area contributed by atoms with Crippen LogP contribution in [0.1, 0.15) is 0 Å². The van der Waals surface area contributed by atoms with Gasteiger partial charge in [0.05, 0.1) is 17.6 Å². The van der Waals surface area contributed by atoms with E-state index in [0.717, 1.165) is 49.3 Å². The van der Waals surface area contributed by atoms with E-state index in [1.165, 1.54) is 0 Å². The summed E-state index contributed by atoms with van der Waals surface area (Å²) in [6.45, 7) is 3.44. The summed E-state index contributed by atoms with van der Waals surface area (Å²) in [5.41, 5.74) is 1.70. The van der Waals surface area contributed by atoms with Crippen LogP contribution in [0, 0.1) is 0 Å². The third-order valence-corrected chi connectivity index (χ3v) is 4.01. The zero-order valence-electron chi connectivity index (χ0n) is 13.2. The number of nitrogens with zero attached hydrogens (tertiary/aromatic N) is 7. The fourth-order valence-corrected chi connectivity index (χ4v) is 2.75. The summed E-state index contributed by atoms with van der Waals surface area (Å²) in [6.07, 6.45) is 8.78. The second kappa shape index (κ2) is 6.57. The van der Waals surface area contributed by atoms with Crippen LogP contribution in [0.25, 0.3) is 11.4 Å². The van der Waals surface area contributed by atoms with E-state index in [2.05, 4.69) is 34.7 Å². The van der Waals surface area contributed by atoms with Crippen molar-refractivity contribution in [3.8, 4) is 11.4 Å². The number of pyridine rings is 1. The van der Waals surface area contributed by atoms with Crippen molar-refractivity contribution in [2.45, 2.75) is 0 Å². The van der Waals surface area contributed by atoms with Crippen LogP contribution in [0.15, 0.2) is 55.2 Å². The predicted molar refractivity (Wildman–Crippen MR) is 91.7 cm³/mol. The molecule has 4 heterocycles. The molecule has 0 aliphatic carbocycles. The highest BCUT2D eigenvalue weighted by molar-refractivity contribution is 5.55. The third kappa shape index (κ3) is 3.01. The second-order valence-electron chi connectivity index (χ2n) is 5.49. The Morgan fingerprint density at radius 3 is 2.33 bits per heavy atom. The van der Waals surface area contributed by atoms with E-state index in [9.17, 15) is 0 Å². The van der Waals surface area contributed by atoms with Gasteiger partial charge >= 0.3 is 0 Å². The van der Waals surface area contributed by atoms with Crippen LogP contribution < -0.4 is 9.80 Å². The Balaban J connectivity index is 1.48. The zero-order chi connectivity index (χ0) is 16.2. The van der Waals surface area contributed by atoms with Gasteiger partial charge in [-0.25, -0.2) is 15.0 Å². The number of anilines is 2. The molecular formula is C17H17N7. The Labute approximate surface area is 140 Å². The zero-order valence-corrected chi connectivity index (χ0v) is 13.2. The Hall–Kier alpha value is -3.09. The molecule has 0 atom stereocenters. The first-order valence-electron chi connectivity index (χ1n) is 7.90. The lowest BCUT2D eigenvalue weighted by atomic mass is 10.2. The number of piperazine rings is 1. The third-order valence-electron chi connectivity index (χ3n) is 4.01. The highest BCUT2D eigenvalue weighted by Gasteiger charge is 2.20. The van der Waals surface area contributed by atoms with Crippen molar-refractivity contribution in [3.05, 3.63) is 55.2 Å². The summed E-state index contributed by atoms with van der Waals surface area (Å²) >= 11 is 0. The highest BCUT2D eigenvalue weighted by atomic mass is 15.3. The average Bonchev–Trinajstić information content (AvgIpc) is 2.70. The van der Waals surface area contributed by atoms with E-state index < -0.39 is 0 Å². The number of hydrogen-bond acceptors (Lipinski definition) is 7. The maximum absolute atomic E-state index is 4.67. The van der Waals surface area contributed by atoms with Gasteiger partial charge in [0.15, 0.2) is 0 Å². The molecule has 120 valence electrons. The van der Waals surface area contributed by atoms with Gasteiger partial charge in [0.1, 0.15) is 5.82 Å². The van der Waals surface area contributed by atoms with Crippen molar-refractivity contribution >= 4 is 11.8 Å². The lowest BCUT2D eigenvalue weighted by Gasteiger charge is -2.35. The minimum atomic E-state index is 0.747. The standard InChI is InChI=1S/C17H17N7/c1-2-5-19-14(3-1)15-4-6-21-17(22-15)24-11-9-23(10-12-24)16-13-18-7-8-20-16/h1-8,13H,9-12H2. The van der Waals surface area contributed by atoms with Gasteiger partial charge in [-0.15, -0.1) is 0 Å². The van der Waals surface area contributed by atoms with Crippen LogP contribution in [0.4, 0.5) is 11.8 Å². The summed E-state index contributed by atoms with van der Waals surface area (Å²) in [7, 11) is 0. The van der Waals surface area contributed by atoms with E-state index >= 15 is 0 Å². The predicted octanol–water partition coefficient (Wildman–Crippen LogP) is 1.66. The first-order chi connectivity index (χ1) is 11.9. The van der Waals surface area contributed by atoms with E-state index in [1.54, 1.807) is 31.0 Å². The smallest absolute Gasteiger partial charge is 0.226 e. The minimum absolute atomic E-state index is 0.747. The monoisotopic (exact) mass is 319 g/mol. The SMILES string of the molecule is c1ccc(-c2ccnc(N3CCN(c4cnccn4)CC3)n2)nc1. The lowest BCUT2D eigenvalue weighted by Crippen LogP contribution is -2.47.